The third kappa shape index (κ3) is 3.26. The number of rotatable bonds is 4. The van der Waals surface area contributed by atoms with Crippen LogP contribution in [-0.4, -0.2) is 32.4 Å². The second-order valence-corrected chi connectivity index (χ2v) is 6.99. The third-order valence-electron chi connectivity index (χ3n) is 3.31. The Morgan fingerprint density at radius 3 is 2.83 bits per heavy atom. The Balaban J connectivity index is 2.17. The summed E-state index contributed by atoms with van der Waals surface area (Å²) in [7, 11) is 0. The van der Waals surface area contributed by atoms with Gasteiger partial charge in [0, 0.05) is 15.5 Å². The van der Waals surface area contributed by atoms with Crippen LogP contribution in [0, 0.1) is 5.82 Å². The number of benzene rings is 1. The molecule has 124 valence electrons. The molecule has 2 N–H and O–H groups in total. The number of aromatic nitrogens is 2. The summed E-state index contributed by atoms with van der Waals surface area (Å²) < 4.78 is 13.8. The number of amidine groups is 1. The number of allylic oxidation sites excluding steroid dienone is 1. The lowest BCUT2D eigenvalue weighted by molar-refractivity contribution is -0.133. The molecule has 0 saturated heterocycles. The fourth-order valence-electron chi connectivity index (χ4n) is 2.29. The van der Waals surface area contributed by atoms with E-state index in [1.165, 1.54) is 29.5 Å². The number of nitrogens with one attached hydrogen (secondary N) is 1. The van der Waals surface area contributed by atoms with Crippen LogP contribution in [0.15, 0.2) is 44.4 Å². The van der Waals surface area contributed by atoms with Crippen LogP contribution in [0.3, 0.4) is 0 Å². The molecule has 24 heavy (non-hydrogen) atoms. The molecule has 1 aliphatic heterocycles. The predicted molar refractivity (Wildman–Crippen MR) is 94.9 cm³/mol. The van der Waals surface area contributed by atoms with E-state index in [1.807, 2.05) is 0 Å². The lowest BCUT2D eigenvalue weighted by Crippen LogP contribution is -2.34. The molecule has 1 atom stereocenters. The number of carboxylic acids is 1. The molecule has 0 spiro atoms. The van der Waals surface area contributed by atoms with Gasteiger partial charge in [-0.25, -0.2) is 9.18 Å². The number of nitrogens with zero attached hydrogens (tertiary/aromatic N) is 3. The van der Waals surface area contributed by atoms with Crippen LogP contribution in [0.4, 0.5) is 4.39 Å². The molecule has 0 saturated carbocycles. The predicted octanol–water partition coefficient (Wildman–Crippen LogP) is 3.26. The van der Waals surface area contributed by atoms with E-state index >= 15 is 0 Å². The lowest BCUT2D eigenvalue weighted by atomic mass is 9.96. The van der Waals surface area contributed by atoms with Crippen LogP contribution in [0.5, 0.6) is 0 Å². The summed E-state index contributed by atoms with van der Waals surface area (Å²) in [6.07, 6.45) is 0. The first-order valence-electron chi connectivity index (χ1n) is 6.60. The van der Waals surface area contributed by atoms with Crippen molar-refractivity contribution in [3.05, 3.63) is 55.8 Å². The monoisotopic (exact) mass is 474 g/mol. The van der Waals surface area contributed by atoms with Gasteiger partial charge in [0.05, 0.1) is 5.57 Å². The number of halogens is 3. The zero-order valence-corrected chi connectivity index (χ0v) is 15.8. The molecule has 0 radical (unpaired) electrons. The maximum absolute atomic E-state index is 13.4. The molecule has 2 heterocycles. The van der Waals surface area contributed by atoms with E-state index in [4.69, 9.17) is 0 Å². The summed E-state index contributed by atoms with van der Waals surface area (Å²) in [5.41, 5.74) is 2.67. The van der Waals surface area contributed by atoms with Gasteiger partial charge in [-0.15, -0.1) is 10.2 Å². The van der Waals surface area contributed by atoms with Crippen molar-refractivity contribution in [2.24, 2.45) is 4.99 Å². The van der Waals surface area contributed by atoms with E-state index < -0.39 is 17.8 Å². The molecule has 1 aromatic heterocycles. The van der Waals surface area contributed by atoms with E-state index in [0.717, 1.165) is 0 Å². The minimum atomic E-state index is -1.10. The van der Waals surface area contributed by atoms with Gasteiger partial charge in [-0.3, -0.25) is 4.99 Å². The van der Waals surface area contributed by atoms with Crippen LogP contribution in [-0.2, 0) is 4.79 Å². The van der Waals surface area contributed by atoms with Crippen molar-refractivity contribution in [3.63, 3.8) is 0 Å². The number of aliphatic imine (C=N–C) groups is 1. The summed E-state index contributed by atoms with van der Waals surface area (Å²) in [5.74, 6) is -1.09. The molecule has 0 amide bonds. The first-order chi connectivity index (χ1) is 11.5. The van der Waals surface area contributed by atoms with Crippen molar-refractivity contribution >= 4 is 55.0 Å². The van der Waals surface area contributed by atoms with Crippen molar-refractivity contribution in [2.75, 3.05) is 5.33 Å². The largest absolute Gasteiger partial charge is 0.478 e. The fraction of sp³-hybridized carbons (Fsp3) is 0.143. The quantitative estimate of drug-likeness (QED) is 0.662. The molecule has 10 heteroatoms. The van der Waals surface area contributed by atoms with E-state index in [9.17, 15) is 14.3 Å². The van der Waals surface area contributed by atoms with E-state index in [-0.39, 0.29) is 5.57 Å². The van der Waals surface area contributed by atoms with Gasteiger partial charge in [0.2, 0.25) is 0 Å². The van der Waals surface area contributed by atoms with Crippen LogP contribution >= 0.6 is 43.2 Å². The number of carboxylic acid groups (broad SMARTS) is 1. The number of hydrogen-bond acceptors (Lipinski definition) is 6. The van der Waals surface area contributed by atoms with Crippen LogP contribution < -0.4 is 5.32 Å². The summed E-state index contributed by atoms with van der Waals surface area (Å²) >= 11 is 7.87. The summed E-state index contributed by atoms with van der Waals surface area (Å²) in [6.45, 7) is 0. The number of carbonyl (C=O) groups is 1. The average Bonchev–Trinajstić information content (AvgIpc) is 3.08. The Morgan fingerprint density at radius 2 is 2.25 bits per heavy atom. The Kier molecular flexibility index (Phi) is 5.07. The van der Waals surface area contributed by atoms with Gasteiger partial charge in [-0.05, 0) is 17.7 Å². The molecule has 6 nitrogen and oxygen atoms in total. The molecule has 1 unspecified atom stereocenters. The topological polar surface area (TPSA) is 87.5 Å². The summed E-state index contributed by atoms with van der Waals surface area (Å²) in [4.78, 5) is 16.3. The Labute approximate surface area is 156 Å². The van der Waals surface area contributed by atoms with Gasteiger partial charge in [-0.2, -0.15) is 0 Å². The second kappa shape index (κ2) is 7.08. The normalized spacial score (nSPS) is 17.5. The molecule has 1 aliphatic rings. The maximum Gasteiger partial charge on any atom is 0.335 e. The molecule has 2 aromatic rings. The van der Waals surface area contributed by atoms with Gasteiger partial charge < -0.3 is 10.4 Å². The Hall–Kier alpha value is -1.65. The molecule has 0 fully saturated rings. The average molecular weight is 476 g/mol. The highest BCUT2D eigenvalue weighted by Gasteiger charge is 2.32. The van der Waals surface area contributed by atoms with Crippen molar-refractivity contribution in [1.82, 2.24) is 15.5 Å². The summed E-state index contributed by atoms with van der Waals surface area (Å²) in [5, 5.41) is 21.2. The highest BCUT2D eigenvalue weighted by Crippen LogP contribution is 2.36. The highest BCUT2D eigenvalue weighted by molar-refractivity contribution is 9.10. The number of alkyl halides is 1. The number of aliphatic carboxylic acids is 1. The van der Waals surface area contributed by atoms with Gasteiger partial charge in [-0.1, -0.05) is 49.3 Å². The zero-order valence-electron chi connectivity index (χ0n) is 11.8. The smallest absolute Gasteiger partial charge is 0.335 e. The van der Waals surface area contributed by atoms with Crippen molar-refractivity contribution in [1.29, 1.82) is 0 Å². The Morgan fingerprint density at radius 1 is 1.46 bits per heavy atom. The lowest BCUT2D eigenvalue weighted by Gasteiger charge is -2.25. The van der Waals surface area contributed by atoms with Crippen LogP contribution in [0.1, 0.15) is 16.6 Å². The van der Waals surface area contributed by atoms with E-state index in [1.54, 1.807) is 5.51 Å². The first-order valence-corrected chi connectivity index (χ1v) is 9.39. The molecule has 0 bridgehead atoms. The van der Waals surface area contributed by atoms with Crippen molar-refractivity contribution in [3.8, 4) is 0 Å². The standard InChI is InChI=1S/C14H9Br2FN4O2S/c15-4-9-10(14(22)23)11(7-2-1-6(17)3-8(7)16)20-12(19-9)13-21-18-5-24-13/h1-3,5,11H,4H2,(H,19,20)(H,22,23). The molecular formula is C14H9Br2FN4O2S. The van der Waals surface area contributed by atoms with Gasteiger partial charge >= 0.3 is 5.97 Å². The minimum Gasteiger partial charge on any atom is -0.478 e. The molecule has 1 aromatic carbocycles. The van der Waals surface area contributed by atoms with E-state index in [0.29, 0.717) is 31.9 Å². The van der Waals surface area contributed by atoms with Crippen LogP contribution in [0.2, 0.25) is 0 Å². The second-order valence-electron chi connectivity index (χ2n) is 4.75. The zero-order chi connectivity index (χ0) is 17.3. The van der Waals surface area contributed by atoms with Crippen molar-refractivity contribution in [2.45, 2.75) is 6.04 Å². The first kappa shape index (κ1) is 17.2. The molecule has 0 aliphatic carbocycles. The molecular weight excluding hydrogens is 467 g/mol. The number of hydrogen-bond donors (Lipinski definition) is 2. The van der Waals surface area contributed by atoms with Crippen LogP contribution in [0.25, 0.3) is 0 Å². The minimum absolute atomic E-state index is 0.0902. The molecule has 3 rings (SSSR count). The Bertz CT molecular complexity index is 854. The third-order valence-corrected chi connectivity index (χ3v) is 5.26. The highest BCUT2D eigenvalue weighted by atomic mass is 79.9. The van der Waals surface area contributed by atoms with E-state index in [2.05, 4.69) is 52.4 Å². The van der Waals surface area contributed by atoms with Crippen molar-refractivity contribution < 1.29 is 14.3 Å². The summed E-state index contributed by atoms with van der Waals surface area (Å²) in [6, 6.07) is 3.27. The van der Waals surface area contributed by atoms with Gasteiger partial charge in [0.1, 0.15) is 17.4 Å². The van der Waals surface area contributed by atoms with Gasteiger partial charge in [0.25, 0.3) is 0 Å². The van der Waals surface area contributed by atoms with Gasteiger partial charge in [0.15, 0.2) is 10.8 Å². The maximum atomic E-state index is 13.4. The fourth-order valence-corrected chi connectivity index (χ4v) is 3.80. The SMILES string of the molecule is O=C(O)C1=C(CBr)NC(c2nncs2)=NC1c1ccc(F)cc1Br.